The molecule has 0 bridgehead atoms. The molecule has 136 valence electrons. The van der Waals surface area contributed by atoms with E-state index >= 15 is 0 Å². The first-order valence-corrected chi connectivity index (χ1v) is 8.96. The summed E-state index contributed by atoms with van der Waals surface area (Å²) in [7, 11) is 0. The molecule has 0 amide bonds. The van der Waals surface area contributed by atoms with Crippen molar-refractivity contribution in [1.82, 2.24) is 0 Å². The number of nitrogen functional groups attached to an aromatic ring is 1. The van der Waals surface area contributed by atoms with E-state index in [1.165, 1.54) is 6.92 Å². The Hall–Kier alpha value is -2.82. The molecule has 3 N–H and O–H groups in total. The van der Waals surface area contributed by atoms with Gasteiger partial charge in [-0.2, -0.15) is 0 Å². The molecule has 5 nitrogen and oxygen atoms in total. The third kappa shape index (κ3) is 4.42. The second-order valence-corrected chi connectivity index (χ2v) is 6.72. The van der Waals surface area contributed by atoms with Crippen LogP contribution in [-0.4, -0.2) is 23.9 Å². The van der Waals surface area contributed by atoms with Crippen molar-refractivity contribution in [2.45, 2.75) is 44.8 Å². The highest BCUT2D eigenvalue weighted by atomic mass is 16.5. The van der Waals surface area contributed by atoms with Gasteiger partial charge in [-0.25, -0.2) is 0 Å². The summed E-state index contributed by atoms with van der Waals surface area (Å²) in [5.41, 5.74) is 8.80. The third-order valence-electron chi connectivity index (χ3n) is 4.72. The molecular formula is C21H24N2O3. The first-order chi connectivity index (χ1) is 12.5. The van der Waals surface area contributed by atoms with Crippen molar-refractivity contribution >= 4 is 23.1 Å². The number of nitrogens with two attached hydrogens (primary N) is 1. The van der Waals surface area contributed by atoms with E-state index in [-0.39, 0.29) is 17.9 Å². The molecule has 1 aliphatic carbocycles. The normalized spacial score (nSPS) is 19.6. The highest BCUT2D eigenvalue weighted by Crippen LogP contribution is 2.28. The van der Waals surface area contributed by atoms with Crippen molar-refractivity contribution < 1.29 is 14.3 Å². The van der Waals surface area contributed by atoms with Crippen LogP contribution in [0.3, 0.4) is 0 Å². The summed E-state index contributed by atoms with van der Waals surface area (Å²) >= 11 is 0. The maximum absolute atomic E-state index is 12.5. The van der Waals surface area contributed by atoms with Gasteiger partial charge in [-0.05, 0) is 43.9 Å². The molecule has 0 saturated heterocycles. The van der Waals surface area contributed by atoms with Crippen LogP contribution in [0.1, 0.15) is 48.5 Å². The predicted octanol–water partition coefficient (Wildman–Crippen LogP) is 3.79. The molecule has 0 radical (unpaired) electrons. The Balaban J connectivity index is 1.62. The number of benzene rings is 2. The lowest BCUT2D eigenvalue weighted by molar-refractivity contribution is -0.147. The molecule has 0 aromatic heterocycles. The highest BCUT2D eigenvalue weighted by molar-refractivity contribution is 6.09. The summed E-state index contributed by atoms with van der Waals surface area (Å²) in [6.07, 6.45) is 3.56. The predicted molar refractivity (Wildman–Crippen MR) is 102 cm³/mol. The molecule has 5 heteroatoms. The molecule has 1 aliphatic rings. The third-order valence-corrected chi connectivity index (χ3v) is 4.72. The van der Waals surface area contributed by atoms with Gasteiger partial charge in [0.25, 0.3) is 0 Å². The van der Waals surface area contributed by atoms with Gasteiger partial charge in [0.1, 0.15) is 6.10 Å². The minimum absolute atomic E-state index is 0.0220. The van der Waals surface area contributed by atoms with Gasteiger partial charge in [0, 0.05) is 24.1 Å². The van der Waals surface area contributed by atoms with Crippen LogP contribution >= 0.6 is 0 Å². The number of ether oxygens (including phenoxy) is 1. The topological polar surface area (TPSA) is 81.4 Å². The van der Waals surface area contributed by atoms with Gasteiger partial charge in [0.2, 0.25) is 0 Å². The lowest BCUT2D eigenvalue weighted by atomic mass is 9.92. The van der Waals surface area contributed by atoms with Crippen LogP contribution in [0.25, 0.3) is 0 Å². The summed E-state index contributed by atoms with van der Waals surface area (Å²) in [4.78, 5) is 23.5. The number of esters is 1. The second-order valence-electron chi connectivity index (χ2n) is 6.72. The van der Waals surface area contributed by atoms with E-state index in [2.05, 4.69) is 5.32 Å². The fourth-order valence-electron chi connectivity index (χ4n) is 3.37. The number of hydrogen-bond donors (Lipinski definition) is 2. The van der Waals surface area contributed by atoms with Gasteiger partial charge in [-0.15, -0.1) is 0 Å². The maximum atomic E-state index is 12.5. The van der Waals surface area contributed by atoms with Crippen LogP contribution in [0, 0.1) is 0 Å². The molecular weight excluding hydrogens is 328 g/mol. The Labute approximate surface area is 153 Å². The average molecular weight is 352 g/mol. The molecule has 26 heavy (non-hydrogen) atoms. The molecule has 1 saturated carbocycles. The largest absolute Gasteiger partial charge is 0.463 e. The van der Waals surface area contributed by atoms with Crippen molar-refractivity contribution in [2.24, 2.45) is 0 Å². The van der Waals surface area contributed by atoms with Crippen molar-refractivity contribution in [3.05, 3.63) is 59.7 Å². The van der Waals surface area contributed by atoms with Crippen molar-refractivity contribution in [1.29, 1.82) is 0 Å². The van der Waals surface area contributed by atoms with Crippen LogP contribution < -0.4 is 11.1 Å². The molecule has 2 aromatic carbocycles. The average Bonchev–Trinajstić information content (AvgIpc) is 2.64. The van der Waals surface area contributed by atoms with E-state index in [0.717, 1.165) is 31.4 Å². The smallest absolute Gasteiger partial charge is 0.302 e. The zero-order valence-electron chi connectivity index (χ0n) is 14.9. The Bertz CT molecular complexity index is 781. The van der Waals surface area contributed by atoms with Gasteiger partial charge in [-0.1, -0.05) is 30.3 Å². The number of nitrogens with one attached hydrogen (secondary N) is 1. The lowest BCUT2D eigenvalue weighted by Gasteiger charge is -2.29. The SMILES string of the molecule is CC(=O)OC1CCC(Nc2ccc(C(=O)c3ccccc3)cc2N)CC1. The van der Waals surface area contributed by atoms with Gasteiger partial charge in [0.15, 0.2) is 5.78 Å². The number of rotatable bonds is 5. The highest BCUT2D eigenvalue weighted by Gasteiger charge is 2.23. The van der Waals surface area contributed by atoms with Gasteiger partial charge < -0.3 is 15.8 Å². The molecule has 2 aromatic rings. The van der Waals surface area contributed by atoms with E-state index in [9.17, 15) is 9.59 Å². The van der Waals surface area contributed by atoms with E-state index in [0.29, 0.717) is 22.9 Å². The Morgan fingerprint density at radius 3 is 2.31 bits per heavy atom. The molecule has 0 atom stereocenters. The number of anilines is 2. The Morgan fingerprint density at radius 2 is 1.69 bits per heavy atom. The fourth-order valence-corrected chi connectivity index (χ4v) is 3.37. The zero-order chi connectivity index (χ0) is 18.5. The molecule has 3 rings (SSSR count). The minimum atomic E-state index is -0.218. The Kier molecular flexibility index (Phi) is 5.56. The number of hydrogen-bond acceptors (Lipinski definition) is 5. The second kappa shape index (κ2) is 8.04. The van der Waals surface area contributed by atoms with E-state index < -0.39 is 0 Å². The first kappa shape index (κ1) is 18.0. The first-order valence-electron chi connectivity index (χ1n) is 8.96. The van der Waals surface area contributed by atoms with Crippen LogP contribution in [0.4, 0.5) is 11.4 Å². The maximum Gasteiger partial charge on any atom is 0.302 e. The molecule has 0 spiro atoms. The fraction of sp³-hybridized carbons (Fsp3) is 0.333. The standard InChI is InChI=1S/C21H24N2O3/c1-14(24)26-18-10-8-17(9-11-18)23-20-12-7-16(13-19(20)22)21(25)15-5-3-2-4-6-15/h2-7,12-13,17-18,23H,8-11,22H2,1H3. The minimum Gasteiger partial charge on any atom is -0.463 e. The monoisotopic (exact) mass is 352 g/mol. The quantitative estimate of drug-likeness (QED) is 0.486. The van der Waals surface area contributed by atoms with E-state index in [1.807, 2.05) is 24.3 Å². The summed E-state index contributed by atoms with van der Waals surface area (Å²) in [6, 6.07) is 14.9. The molecule has 1 fully saturated rings. The number of carbonyl (C=O) groups is 2. The molecule has 0 heterocycles. The lowest BCUT2D eigenvalue weighted by Crippen LogP contribution is -2.30. The summed E-state index contributed by atoms with van der Waals surface area (Å²) < 4.78 is 5.27. The van der Waals surface area contributed by atoms with Gasteiger partial charge in [0.05, 0.1) is 11.4 Å². The van der Waals surface area contributed by atoms with Crippen LogP contribution in [0.2, 0.25) is 0 Å². The van der Waals surface area contributed by atoms with E-state index in [1.54, 1.807) is 24.3 Å². The van der Waals surface area contributed by atoms with Crippen molar-refractivity contribution in [2.75, 3.05) is 11.1 Å². The summed E-state index contributed by atoms with van der Waals surface area (Å²) in [5.74, 6) is -0.255. The number of ketones is 1. The van der Waals surface area contributed by atoms with Crippen molar-refractivity contribution in [3.8, 4) is 0 Å². The Morgan fingerprint density at radius 1 is 1.00 bits per heavy atom. The molecule has 0 unspecified atom stereocenters. The van der Waals surface area contributed by atoms with Crippen molar-refractivity contribution in [3.63, 3.8) is 0 Å². The van der Waals surface area contributed by atoms with Crippen LogP contribution in [0.15, 0.2) is 48.5 Å². The molecule has 0 aliphatic heterocycles. The summed E-state index contributed by atoms with van der Waals surface area (Å²) in [6.45, 7) is 1.45. The number of carbonyl (C=O) groups excluding carboxylic acids is 2. The summed E-state index contributed by atoms with van der Waals surface area (Å²) in [5, 5.41) is 3.45. The zero-order valence-corrected chi connectivity index (χ0v) is 14.9. The van der Waals surface area contributed by atoms with E-state index in [4.69, 9.17) is 10.5 Å². The van der Waals surface area contributed by atoms with Crippen LogP contribution in [0.5, 0.6) is 0 Å². The van der Waals surface area contributed by atoms with Gasteiger partial charge >= 0.3 is 5.97 Å². The van der Waals surface area contributed by atoms with Crippen LogP contribution in [-0.2, 0) is 9.53 Å². The van der Waals surface area contributed by atoms with Gasteiger partial charge in [-0.3, -0.25) is 9.59 Å².